The summed E-state index contributed by atoms with van der Waals surface area (Å²) in [5, 5.41) is 0. The van der Waals surface area contributed by atoms with Crippen LogP contribution in [0.5, 0.6) is 0 Å². The average molecular weight is 212 g/mol. The van der Waals surface area contributed by atoms with Crippen LogP contribution >= 0.6 is 12.6 Å². The minimum absolute atomic E-state index is 0.0556. The number of ether oxygens (including phenoxy) is 1. The molecule has 76 valence electrons. The molecule has 1 atom stereocenters. The van der Waals surface area contributed by atoms with E-state index >= 15 is 0 Å². The SMILES string of the molecule is Nc1cc(N2CCOC(S)C2)ncn1. The quantitative estimate of drug-likeness (QED) is 0.649. The molecule has 6 heteroatoms. The summed E-state index contributed by atoms with van der Waals surface area (Å²) in [5.74, 6) is 1.32. The van der Waals surface area contributed by atoms with Gasteiger partial charge in [-0.2, -0.15) is 0 Å². The fourth-order valence-electron chi connectivity index (χ4n) is 1.37. The van der Waals surface area contributed by atoms with Gasteiger partial charge in [0.1, 0.15) is 23.4 Å². The van der Waals surface area contributed by atoms with Crippen molar-refractivity contribution in [3.8, 4) is 0 Å². The molecule has 5 nitrogen and oxygen atoms in total. The molecular formula is C8H12N4OS. The molecule has 0 radical (unpaired) electrons. The number of aromatic nitrogens is 2. The Morgan fingerprint density at radius 2 is 2.43 bits per heavy atom. The average Bonchev–Trinajstić information content (AvgIpc) is 2.18. The highest BCUT2D eigenvalue weighted by Crippen LogP contribution is 2.16. The molecule has 1 aromatic rings. The first-order chi connectivity index (χ1) is 6.75. The van der Waals surface area contributed by atoms with Crippen LogP contribution < -0.4 is 10.6 Å². The van der Waals surface area contributed by atoms with Gasteiger partial charge in [0.05, 0.1) is 13.2 Å². The Bertz CT molecular complexity index is 322. The Morgan fingerprint density at radius 3 is 3.14 bits per heavy atom. The summed E-state index contributed by atoms with van der Waals surface area (Å²) in [7, 11) is 0. The molecule has 0 spiro atoms. The van der Waals surface area contributed by atoms with Crippen LogP contribution in [-0.4, -0.2) is 35.1 Å². The van der Waals surface area contributed by atoms with Gasteiger partial charge >= 0.3 is 0 Å². The van der Waals surface area contributed by atoms with Crippen LogP contribution in [0.25, 0.3) is 0 Å². The fourth-order valence-corrected chi connectivity index (χ4v) is 1.68. The van der Waals surface area contributed by atoms with Crippen molar-refractivity contribution >= 4 is 24.3 Å². The van der Waals surface area contributed by atoms with Crippen LogP contribution in [0.3, 0.4) is 0 Å². The van der Waals surface area contributed by atoms with Crippen molar-refractivity contribution < 1.29 is 4.74 Å². The van der Waals surface area contributed by atoms with E-state index in [9.17, 15) is 0 Å². The molecule has 0 aromatic carbocycles. The van der Waals surface area contributed by atoms with E-state index in [0.717, 1.165) is 18.9 Å². The third-order valence-electron chi connectivity index (χ3n) is 2.05. The smallest absolute Gasteiger partial charge is 0.134 e. The molecule has 0 saturated carbocycles. The van der Waals surface area contributed by atoms with E-state index in [0.29, 0.717) is 12.4 Å². The minimum atomic E-state index is -0.0556. The van der Waals surface area contributed by atoms with Crippen molar-refractivity contribution in [2.24, 2.45) is 0 Å². The Balaban J connectivity index is 2.14. The highest BCUT2D eigenvalue weighted by atomic mass is 32.1. The van der Waals surface area contributed by atoms with E-state index in [1.54, 1.807) is 6.07 Å². The van der Waals surface area contributed by atoms with Crippen LogP contribution in [0, 0.1) is 0 Å². The lowest BCUT2D eigenvalue weighted by Gasteiger charge is -2.31. The molecule has 1 fully saturated rings. The molecule has 0 bridgehead atoms. The number of hydrogen-bond donors (Lipinski definition) is 2. The van der Waals surface area contributed by atoms with Crippen molar-refractivity contribution in [2.75, 3.05) is 30.3 Å². The number of anilines is 2. The van der Waals surface area contributed by atoms with Crippen LogP contribution in [-0.2, 0) is 4.74 Å². The predicted octanol–water partition coefficient (Wildman–Crippen LogP) is 0.151. The number of thiol groups is 1. The van der Waals surface area contributed by atoms with Gasteiger partial charge < -0.3 is 15.4 Å². The van der Waals surface area contributed by atoms with E-state index in [2.05, 4.69) is 27.5 Å². The lowest BCUT2D eigenvalue weighted by molar-refractivity contribution is 0.0993. The van der Waals surface area contributed by atoms with Gasteiger partial charge in [-0.25, -0.2) is 9.97 Å². The summed E-state index contributed by atoms with van der Waals surface area (Å²) < 4.78 is 5.31. The standard InChI is InChI=1S/C8H12N4OS/c9-6-3-7(11-5-10-6)12-1-2-13-8(14)4-12/h3,5,8,14H,1-2,4H2,(H2,9,10,11). The zero-order valence-corrected chi connectivity index (χ0v) is 8.52. The molecule has 1 unspecified atom stereocenters. The number of morpholine rings is 1. The Kier molecular flexibility index (Phi) is 2.74. The van der Waals surface area contributed by atoms with Crippen molar-refractivity contribution in [1.82, 2.24) is 9.97 Å². The number of rotatable bonds is 1. The number of hydrogen-bond acceptors (Lipinski definition) is 6. The van der Waals surface area contributed by atoms with E-state index in [1.165, 1.54) is 6.33 Å². The fraction of sp³-hybridized carbons (Fsp3) is 0.500. The summed E-state index contributed by atoms with van der Waals surface area (Å²) in [6.45, 7) is 2.20. The van der Waals surface area contributed by atoms with E-state index in [4.69, 9.17) is 10.5 Å². The first-order valence-corrected chi connectivity index (χ1v) is 4.89. The third kappa shape index (κ3) is 2.08. The molecule has 0 amide bonds. The molecule has 1 aromatic heterocycles. The third-order valence-corrected chi connectivity index (χ3v) is 2.36. The molecule has 2 heterocycles. The predicted molar refractivity (Wildman–Crippen MR) is 57.4 cm³/mol. The summed E-state index contributed by atoms with van der Waals surface area (Å²) in [5.41, 5.74) is 5.52. The van der Waals surface area contributed by atoms with Crippen LogP contribution in [0.1, 0.15) is 0 Å². The van der Waals surface area contributed by atoms with Gasteiger partial charge in [-0.1, -0.05) is 0 Å². The summed E-state index contributed by atoms with van der Waals surface area (Å²) in [6.07, 6.45) is 1.47. The maximum absolute atomic E-state index is 5.57. The Labute approximate surface area is 87.7 Å². The lowest BCUT2D eigenvalue weighted by atomic mass is 10.4. The maximum Gasteiger partial charge on any atom is 0.134 e. The molecule has 1 aliphatic heterocycles. The van der Waals surface area contributed by atoms with Gasteiger partial charge in [0.15, 0.2) is 0 Å². The van der Waals surface area contributed by atoms with Crippen LogP contribution in [0.15, 0.2) is 12.4 Å². The van der Waals surface area contributed by atoms with Crippen molar-refractivity contribution in [1.29, 1.82) is 0 Å². The normalized spacial score (nSPS) is 22.4. The first-order valence-electron chi connectivity index (χ1n) is 4.38. The largest absolute Gasteiger partial charge is 0.384 e. The Morgan fingerprint density at radius 1 is 1.57 bits per heavy atom. The van der Waals surface area contributed by atoms with Gasteiger partial charge in [-0.15, -0.1) is 12.6 Å². The monoisotopic (exact) mass is 212 g/mol. The molecule has 1 aliphatic rings. The lowest BCUT2D eigenvalue weighted by Crippen LogP contribution is -2.40. The topological polar surface area (TPSA) is 64.3 Å². The number of nitrogens with zero attached hydrogens (tertiary/aromatic N) is 3. The zero-order valence-electron chi connectivity index (χ0n) is 7.63. The number of nitrogens with two attached hydrogens (primary N) is 1. The highest BCUT2D eigenvalue weighted by molar-refractivity contribution is 7.80. The number of nitrogen functional groups attached to an aromatic ring is 1. The molecule has 14 heavy (non-hydrogen) atoms. The van der Waals surface area contributed by atoms with Crippen molar-refractivity contribution in [2.45, 2.75) is 5.44 Å². The molecule has 0 aliphatic carbocycles. The molecular weight excluding hydrogens is 200 g/mol. The van der Waals surface area contributed by atoms with Crippen molar-refractivity contribution in [3.05, 3.63) is 12.4 Å². The summed E-state index contributed by atoms with van der Waals surface area (Å²) >= 11 is 4.26. The zero-order chi connectivity index (χ0) is 9.97. The first kappa shape index (κ1) is 9.54. The van der Waals surface area contributed by atoms with Crippen LogP contribution in [0.4, 0.5) is 11.6 Å². The molecule has 1 saturated heterocycles. The van der Waals surface area contributed by atoms with Crippen LogP contribution in [0.2, 0.25) is 0 Å². The van der Waals surface area contributed by atoms with E-state index in [1.807, 2.05) is 0 Å². The highest BCUT2D eigenvalue weighted by Gasteiger charge is 2.18. The van der Waals surface area contributed by atoms with Gasteiger partial charge in [0.2, 0.25) is 0 Å². The van der Waals surface area contributed by atoms with E-state index in [-0.39, 0.29) is 5.44 Å². The summed E-state index contributed by atoms with van der Waals surface area (Å²) in [4.78, 5) is 10.1. The molecule has 2 N–H and O–H groups in total. The van der Waals surface area contributed by atoms with Gasteiger partial charge in [0, 0.05) is 12.6 Å². The van der Waals surface area contributed by atoms with Crippen molar-refractivity contribution in [3.63, 3.8) is 0 Å². The molecule has 2 rings (SSSR count). The maximum atomic E-state index is 5.57. The Hall–Kier alpha value is -1.01. The second-order valence-electron chi connectivity index (χ2n) is 3.07. The summed E-state index contributed by atoms with van der Waals surface area (Å²) in [6, 6.07) is 1.76. The second-order valence-corrected chi connectivity index (χ2v) is 3.65. The van der Waals surface area contributed by atoms with Gasteiger partial charge in [0.25, 0.3) is 0 Å². The second kappa shape index (κ2) is 4.02. The van der Waals surface area contributed by atoms with Gasteiger partial charge in [-0.05, 0) is 0 Å². The minimum Gasteiger partial charge on any atom is -0.384 e. The van der Waals surface area contributed by atoms with Gasteiger partial charge in [-0.3, -0.25) is 0 Å². The van der Waals surface area contributed by atoms with E-state index < -0.39 is 0 Å².